The van der Waals surface area contributed by atoms with E-state index in [1.54, 1.807) is 18.2 Å². The van der Waals surface area contributed by atoms with Crippen LogP contribution in [0, 0.1) is 11.3 Å². The Bertz CT molecular complexity index is 1330. The van der Waals surface area contributed by atoms with E-state index in [1.165, 1.54) is 0 Å². The van der Waals surface area contributed by atoms with Gasteiger partial charge in [0.05, 0.1) is 21.1 Å². The summed E-state index contributed by atoms with van der Waals surface area (Å²) in [6, 6.07) is 7.80. The van der Waals surface area contributed by atoms with Crippen LogP contribution in [0.15, 0.2) is 18.2 Å². The van der Waals surface area contributed by atoms with Gasteiger partial charge in [0.2, 0.25) is 5.95 Å². The number of piperidine rings is 1. The van der Waals surface area contributed by atoms with Gasteiger partial charge >= 0.3 is 6.09 Å². The van der Waals surface area contributed by atoms with Crippen molar-refractivity contribution < 1.29 is 9.53 Å². The third kappa shape index (κ3) is 4.48. The van der Waals surface area contributed by atoms with Gasteiger partial charge in [-0.05, 0) is 52.5 Å². The number of halogens is 2. The van der Waals surface area contributed by atoms with Gasteiger partial charge in [0.15, 0.2) is 11.3 Å². The molecule has 4 heterocycles. The van der Waals surface area contributed by atoms with E-state index in [4.69, 9.17) is 32.9 Å². The van der Waals surface area contributed by atoms with Crippen LogP contribution in [-0.4, -0.2) is 50.0 Å². The molecule has 1 unspecified atom stereocenters. The van der Waals surface area contributed by atoms with Crippen LogP contribution < -0.4 is 10.2 Å². The van der Waals surface area contributed by atoms with Crippen LogP contribution in [0.1, 0.15) is 52.1 Å². The zero-order valence-electron chi connectivity index (χ0n) is 19.6. The van der Waals surface area contributed by atoms with Gasteiger partial charge < -0.3 is 15.0 Å². The number of aromatic nitrogens is 4. The number of carbonyl (C=O) groups is 1. The lowest BCUT2D eigenvalue weighted by Gasteiger charge is -2.39. The predicted octanol–water partition coefficient (Wildman–Crippen LogP) is 5.22. The van der Waals surface area contributed by atoms with Crippen LogP contribution in [0.3, 0.4) is 0 Å². The number of nitriles is 1. The van der Waals surface area contributed by atoms with Crippen molar-refractivity contribution >= 4 is 46.3 Å². The lowest BCUT2D eigenvalue weighted by Crippen LogP contribution is -2.51. The number of hydrogen-bond acceptors (Lipinski definition) is 7. The molecule has 0 spiro atoms. The number of ether oxygens (including phenoxy) is 1. The molecule has 0 aliphatic carbocycles. The van der Waals surface area contributed by atoms with E-state index in [0.717, 1.165) is 25.7 Å². The summed E-state index contributed by atoms with van der Waals surface area (Å²) in [6.45, 7) is 5.54. The van der Waals surface area contributed by atoms with E-state index in [9.17, 15) is 10.1 Å². The molecule has 182 valence electrons. The molecule has 1 aromatic carbocycles. The van der Waals surface area contributed by atoms with Crippen molar-refractivity contribution in [2.45, 2.75) is 70.2 Å². The number of fused-ring (bicyclic) bond motifs is 3. The Kier molecular flexibility index (Phi) is 5.98. The Morgan fingerprint density at radius 2 is 1.94 bits per heavy atom. The second-order valence-corrected chi connectivity index (χ2v) is 10.8. The summed E-state index contributed by atoms with van der Waals surface area (Å²) in [5.41, 5.74) is 1.25. The number of anilines is 1. The van der Waals surface area contributed by atoms with Gasteiger partial charge in [-0.1, -0.05) is 35.3 Å². The van der Waals surface area contributed by atoms with Gasteiger partial charge in [-0.25, -0.2) is 9.78 Å². The maximum absolute atomic E-state index is 12.3. The SMILES string of the molecule is CC(C)(C)OC(=O)NC1C[C@H]2CC[C@@H](C1)N2c1nc(C#N)c2c(-c3cccc(Cl)c3Cl)[nH]nc2n1. The van der Waals surface area contributed by atoms with Crippen molar-refractivity contribution in [1.29, 1.82) is 5.26 Å². The minimum Gasteiger partial charge on any atom is -0.444 e. The summed E-state index contributed by atoms with van der Waals surface area (Å²) in [6.07, 6.45) is 3.03. The Morgan fingerprint density at radius 3 is 2.60 bits per heavy atom. The minimum atomic E-state index is -0.543. The third-order valence-electron chi connectivity index (χ3n) is 6.41. The molecule has 2 aliphatic rings. The molecule has 2 aliphatic heterocycles. The molecule has 2 saturated heterocycles. The highest BCUT2D eigenvalue weighted by Crippen LogP contribution is 2.40. The summed E-state index contributed by atoms with van der Waals surface area (Å²) in [5.74, 6) is 0.479. The lowest BCUT2D eigenvalue weighted by molar-refractivity contribution is 0.0492. The smallest absolute Gasteiger partial charge is 0.407 e. The first kappa shape index (κ1) is 23.6. The molecule has 1 amide bonds. The fraction of sp³-hybridized carbons (Fsp3) is 0.458. The second-order valence-electron chi connectivity index (χ2n) is 9.99. The molecule has 0 saturated carbocycles. The van der Waals surface area contributed by atoms with E-state index in [0.29, 0.717) is 38.3 Å². The topological polar surface area (TPSA) is 120 Å². The van der Waals surface area contributed by atoms with Gasteiger partial charge in [0.25, 0.3) is 0 Å². The number of nitrogens with zero attached hydrogens (tertiary/aromatic N) is 5. The molecule has 35 heavy (non-hydrogen) atoms. The van der Waals surface area contributed by atoms with E-state index in [-0.39, 0.29) is 23.8 Å². The van der Waals surface area contributed by atoms with Crippen molar-refractivity contribution in [1.82, 2.24) is 25.5 Å². The summed E-state index contributed by atoms with van der Waals surface area (Å²) < 4.78 is 5.42. The Hall–Kier alpha value is -3.09. The standard InChI is InChI=1S/C24H25Cl2N7O2/c1-24(2,3)35-23(34)28-12-9-13-7-8-14(10-12)33(13)22-29-17(11-27)18-20(31-32-21(18)30-22)15-5-4-6-16(25)19(15)26/h4-6,12-14H,7-10H2,1-3H3,(H,28,34)(H,29,30,31,32)/t12?,13-,14+. The van der Waals surface area contributed by atoms with Gasteiger partial charge in [-0.2, -0.15) is 15.3 Å². The molecule has 3 aromatic rings. The molecule has 0 radical (unpaired) electrons. The van der Waals surface area contributed by atoms with Gasteiger partial charge in [-0.3, -0.25) is 5.10 Å². The van der Waals surface area contributed by atoms with Gasteiger partial charge in [-0.15, -0.1) is 0 Å². The van der Waals surface area contributed by atoms with Crippen molar-refractivity contribution in [2.24, 2.45) is 0 Å². The second kappa shape index (κ2) is 8.85. The highest BCUT2D eigenvalue weighted by Gasteiger charge is 2.43. The molecule has 5 rings (SSSR count). The van der Waals surface area contributed by atoms with Crippen molar-refractivity contribution in [2.75, 3.05) is 4.90 Å². The van der Waals surface area contributed by atoms with Gasteiger partial charge in [0, 0.05) is 23.7 Å². The maximum atomic E-state index is 12.3. The van der Waals surface area contributed by atoms with Crippen molar-refractivity contribution in [3.8, 4) is 17.3 Å². The van der Waals surface area contributed by atoms with Crippen LogP contribution in [0.2, 0.25) is 10.0 Å². The monoisotopic (exact) mass is 513 g/mol. The molecule has 2 bridgehead atoms. The first-order chi connectivity index (χ1) is 16.6. The summed E-state index contributed by atoms with van der Waals surface area (Å²) >= 11 is 12.6. The number of hydrogen-bond donors (Lipinski definition) is 2. The zero-order chi connectivity index (χ0) is 24.9. The molecule has 2 fully saturated rings. The molecule has 3 atom stereocenters. The molecule has 11 heteroatoms. The highest BCUT2D eigenvalue weighted by molar-refractivity contribution is 6.43. The maximum Gasteiger partial charge on any atom is 0.407 e. The van der Waals surface area contributed by atoms with Crippen LogP contribution in [0.4, 0.5) is 10.7 Å². The fourth-order valence-electron chi connectivity index (χ4n) is 5.10. The average molecular weight is 514 g/mol. The molecule has 2 N–H and O–H groups in total. The third-order valence-corrected chi connectivity index (χ3v) is 7.23. The number of benzene rings is 1. The first-order valence-electron chi connectivity index (χ1n) is 11.5. The minimum absolute atomic E-state index is 0.0136. The largest absolute Gasteiger partial charge is 0.444 e. The van der Waals surface area contributed by atoms with Gasteiger partial charge in [0.1, 0.15) is 11.7 Å². The Balaban J connectivity index is 1.43. The molecular formula is C24H25Cl2N7O2. The fourth-order valence-corrected chi connectivity index (χ4v) is 5.49. The predicted molar refractivity (Wildman–Crippen MR) is 134 cm³/mol. The van der Waals surface area contributed by atoms with Crippen LogP contribution >= 0.6 is 23.2 Å². The summed E-state index contributed by atoms with van der Waals surface area (Å²) in [5, 5.41) is 21.5. The number of nitrogens with one attached hydrogen (secondary N) is 2. The quantitative estimate of drug-likeness (QED) is 0.492. The van der Waals surface area contributed by atoms with E-state index >= 15 is 0 Å². The number of amides is 1. The molecular weight excluding hydrogens is 489 g/mol. The van der Waals surface area contributed by atoms with Crippen molar-refractivity contribution in [3.63, 3.8) is 0 Å². The number of carbonyl (C=O) groups excluding carboxylic acids is 1. The van der Waals surface area contributed by atoms with Crippen LogP contribution in [-0.2, 0) is 4.74 Å². The average Bonchev–Trinajstić information content (AvgIpc) is 3.32. The van der Waals surface area contributed by atoms with Crippen LogP contribution in [0.25, 0.3) is 22.3 Å². The summed E-state index contributed by atoms with van der Waals surface area (Å²) in [7, 11) is 0. The van der Waals surface area contributed by atoms with E-state index < -0.39 is 11.7 Å². The Labute approximate surface area is 212 Å². The number of H-pyrrole nitrogens is 1. The zero-order valence-corrected chi connectivity index (χ0v) is 21.1. The number of rotatable bonds is 3. The normalized spacial score (nSPS) is 21.7. The van der Waals surface area contributed by atoms with E-state index in [2.05, 4.69) is 31.5 Å². The van der Waals surface area contributed by atoms with Crippen molar-refractivity contribution in [3.05, 3.63) is 33.9 Å². The van der Waals surface area contributed by atoms with Crippen LogP contribution in [0.5, 0.6) is 0 Å². The summed E-state index contributed by atoms with van der Waals surface area (Å²) in [4.78, 5) is 23.8. The molecule has 9 nitrogen and oxygen atoms in total. The number of alkyl carbamates (subject to hydrolysis) is 1. The Morgan fingerprint density at radius 1 is 1.23 bits per heavy atom. The lowest BCUT2D eigenvalue weighted by atomic mass is 9.98. The van der Waals surface area contributed by atoms with E-state index in [1.807, 2.05) is 20.8 Å². The highest BCUT2D eigenvalue weighted by atomic mass is 35.5. The molecule has 2 aromatic heterocycles. The number of aromatic amines is 1. The first-order valence-corrected chi connectivity index (χ1v) is 12.3.